The second kappa shape index (κ2) is 10.8. The van der Waals surface area contributed by atoms with Crippen LogP contribution in [0.1, 0.15) is 48.7 Å². The Labute approximate surface area is 210 Å². The van der Waals surface area contributed by atoms with E-state index >= 15 is 0 Å². The lowest BCUT2D eigenvalue weighted by molar-refractivity contribution is -0.155. The molecule has 4 rings (SSSR count). The van der Waals surface area contributed by atoms with E-state index in [1.54, 1.807) is 13.0 Å². The van der Waals surface area contributed by atoms with E-state index in [9.17, 15) is 19.2 Å². The van der Waals surface area contributed by atoms with Crippen LogP contribution in [0, 0.1) is 17.8 Å². The number of halogens is 1. The molecule has 2 aliphatic carbocycles. The molecule has 0 unspecified atom stereocenters. The number of carbonyl (C=O) groups is 4. The predicted octanol–water partition coefficient (Wildman–Crippen LogP) is 5.23. The fraction of sp³-hybridized carbons (Fsp3) is 0.440. The third kappa shape index (κ3) is 5.58. The summed E-state index contributed by atoms with van der Waals surface area (Å²) >= 11 is 4.62. The van der Waals surface area contributed by atoms with Crippen molar-refractivity contribution in [3.63, 3.8) is 0 Å². The number of fused-ring (bicyclic) bond motifs is 2. The molecule has 1 aromatic heterocycles. The van der Waals surface area contributed by atoms with Gasteiger partial charge in [-0.2, -0.15) is 0 Å². The van der Waals surface area contributed by atoms with E-state index in [4.69, 9.17) is 9.47 Å². The number of carbonyl (C=O) groups excluding carboxylic acids is 4. The normalized spacial score (nSPS) is 21.6. The van der Waals surface area contributed by atoms with Crippen molar-refractivity contribution in [1.29, 1.82) is 0 Å². The molecule has 1 N–H and O–H groups in total. The summed E-state index contributed by atoms with van der Waals surface area (Å²) in [6, 6.07) is 9.31. The Bertz CT molecular complexity index is 1080. The molecular formula is C25H26BrNO6S. The van der Waals surface area contributed by atoms with Crippen molar-refractivity contribution in [2.75, 3.05) is 18.5 Å². The molecule has 1 amide bonds. The zero-order chi connectivity index (χ0) is 24.2. The number of benzene rings is 1. The molecule has 2 bridgehead atoms. The summed E-state index contributed by atoms with van der Waals surface area (Å²) in [4.78, 5) is 50.9. The van der Waals surface area contributed by atoms with Gasteiger partial charge in [0.15, 0.2) is 6.61 Å². The standard InChI is InChI=1S/C25H26BrNO6S/c1-2-32-25(31)23-19(12-20(34-23)14-6-8-18(26)9-7-14)27-21(28)13-33-24(30)17-10-15-4-3-5-16(11-17)22(15)29/h6-9,12,15-17H,2-5,10-11,13H2,1H3,(H,27,28)/t15-,16-/m0/s1. The number of hydrogen-bond acceptors (Lipinski definition) is 7. The van der Waals surface area contributed by atoms with E-state index < -0.39 is 24.5 Å². The van der Waals surface area contributed by atoms with E-state index in [0.29, 0.717) is 18.5 Å². The van der Waals surface area contributed by atoms with Crippen LogP contribution in [0.2, 0.25) is 0 Å². The van der Waals surface area contributed by atoms with Crippen molar-refractivity contribution in [2.24, 2.45) is 17.8 Å². The molecule has 2 aromatic rings. The van der Waals surface area contributed by atoms with Crippen LogP contribution in [-0.4, -0.2) is 36.8 Å². The SMILES string of the molecule is CCOC(=O)c1sc(-c2ccc(Br)cc2)cc1NC(=O)COC(=O)C1C[C@@H]2CCC[C@@H](C1)C2=O. The minimum atomic E-state index is -0.536. The van der Waals surface area contributed by atoms with Crippen molar-refractivity contribution in [3.05, 3.63) is 39.7 Å². The molecule has 34 heavy (non-hydrogen) atoms. The second-order valence-electron chi connectivity index (χ2n) is 8.63. The fourth-order valence-corrected chi connectivity index (χ4v) is 5.98. The van der Waals surface area contributed by atoms with E-state index in [-0.39, 0.29) is 35.0 Å². The molecule has 1 heterocycles. The van der Waals surface area contributed by atoms with Crippen LogP contribution < -0.4 is 5.32 Å². The maximum Gasteiger partial charge on any atom is 0.350 e. The number of thiophene rings is 1. The highest BCUT2D eigenvalue weighted by atomic mass is 79.9. The monoisotopic (exact) mass is 547 g/mol. The lowest BCUT2D eigenvalue weighted by atomic mass is 9.67. The van der Waals surface area contributed by atoms with Crippen LogP contribution in [0.25, 0.3) is 10.4 Å². The Morgan fingerprint density at radius 1 is 1.09 bits per heavy atom. The summed E-state index contributed by atoms with van der Waals surface area (Å²) in [6.45, 7) is 1.47. The van der Waals surface area contributed by atoms with Gasteiger partial charge in [0, 0.05) is 21.2 Å². The van der Waals surface area contributed by atoms with E-state index in [1.165, 1.54) is 11.3 Å². The zero-order valence-electron chi connectivity index (χ0n) is 18.8. The molecule has 2 fully saturated rings. The van der Waals surface area contributed by atoms with Gasteiger partial charge in [0.25, 0.3) is 5.91 Å². The third-order valence-corrected chi connectivity index (χ3v) is 8.02. The highest BCUT2D eigenvalue weighted by Gasteiger charge is 2.41. The second-order valence-corrected chi connectivity index (χ2v) is 10.6. The molecule has 2 atom stereocenters. The van der Waals surface area contributed by atoms with Crippen molar-refractivity contribution >= 4 is 56.6 Å². The van der Waals surface area contributed by atoms with Gasteiger partial charge in [0.05, 0.1) is 18.2 Å². The summed E-state index contributed by atoms with van der Waals surface area (Å²) in [6.07, 6.45) is 3.69. The molecule has 0 radical (unpaired) electrons. The van der Waals surface area contributed by atoms with Crippen molar-refractivity contribution in [3.8, 4) is 10.4 Å². The molecule has 2 aliphatic rings. The first-order chi connectivity index (χ1) is 16.4. The molecule has 7 nitrogen and oxygen atoms in total. The number of ketones is 1. The Morgan fingerprint density at radius 3 is 2.41 bits per heavy atom. The van der Waals surface area contributed by atoms with Gasteiger partial charge in [0.1, 0.15) is 10.7 Å². The number of rotatable bonds is 7. The number of Topliss-reactive ketones (excluding diaryl/α,β-unsaturated/α-hetero) is 1. The summed E-state index contributed by atoms with van der Waals surface area (Å²) in [5.74, 6) is -1.69. The minimum Gasteiger partial charge on any atom is -0.462 e. The molecule has 0 aliphatic heterocycles. The van der Waals surface area contributed by atoms with Gasteiger partial charge >= 0.3 is 11.9 Å². The Hall–Kier alpha value is -2.52. The number of hydrogen-bond donors (Lipinski definition) is 1. The molecule has 0 spiro atoms. The first-order valence-corrected chi connectivity index (χ1v) is 13.0. The topological polar surface area (TPSA) is 98.8 Å². The highest BCUT2D eigenvalue weighted by Crippen LogP contribution is 2.40. The Balaban J connectivity index is 1.40. The Morgan fingerprint density at radius 2 is 1.76 bits per heavy atom. The average molecular weight is 548 g/mol. The summed E-state index contributed by atoms with van der Waals surface area (Å²) in [5.41, 5.74) is 1.21. The van der Waals surface area contributed by atoms with Gasteiger partial charge in [0.2, 0.25) is 0 Å². The predicted molar refractivity (Wildman–Crippen MR) is 132 cm³/mol. The largest absolute Gasteiger partial charge is 0.462 e. The van der Waals surface area contributed by atoms with Crippen molar-refractivity contribution in [2.45, 2.75) is 39.0 Å². The maximum atomic E-state index is 12.6. The quantitative estimate of drug-likeness (QED) is 0.476. The molecule has 9 heteroatoms. The van der Waals surface area contributed by atoms with Crippen LogP contribution >= 0.6 is 27.3 Å². The summed E-state index contributed by atoms with van der Waals surface area (Å²) in [5, 5.41) is 2.69. The van der Waals surface area contributed by atoms with Crippen molar-refractivity contribution < 1.29 is 28.7 Å². The summed E-state index contributed by atoms with van der Waals surface area (Å²) in [7, 11) is 0. The molecule has 1 aromatic carbocycles. The average Bonchev–Trinajstić information content (AvgIpc) is 3.21. The summed E-state index contributed by atoms with van der Waals surface area (Å²) < 4.78 is 11.4. The van der Waals surface area contributed by atoms with Gasteiger partial charge in [-0.1, -0.05) is 34.5 Å². The minimum absolute atomic E-state index is 0.0612. The van der Waals surface area contributed by atoms with E-state index in [0.717, 1.165) is 34.2 Å². The number of amides is 1. The molecule has 180 valence electrons. The van der Waals surface area contributed by atoms with Gasteiger partial charge < -0.3 is 14.8 Å². The van der Waals surface area contributed by atoms with Crippen molar-refractivity contribution in [1.82, 2.24) is 0 Å². The molecular weight excluding hydrogens is 522 g/mol. The number of ether oxygens (including phenoxy) is 2. The van der Waals surface area contributed by atoms with Crippen LogP contribution in [0.15, 0.2) is 34.8 Å². The van der Waals surface area contributed by atoms with Gasteiger partial charge in [-0.05, 0) is 56.4 Å². The van der Waals surface area contributed by atoms with Crippen LogP contribution in [0.5, 0.6) is 0 Å². The van der Waals surface area contributed by atoms with Gasteiger partial charge in [-0.15, -0.1) is 11.3 Å². The molecule has 0 saturated heterocycles. The van der Waals surface area contributed by atoms with Crippen LogP contribution in [-0.2, 0) is 23.9 Å². The fourth-order valence-electron chi connectivity index (χ4n) is 4.70. The number of esters is 2. The molecule has 2 saturated carbocycles. The first kappa shape index (κ1) is 24.6. The van der Waals surface area contributed by atoms with Crippen LogP contribution in [0.4, 0.5) is 5.69 Å². The lowest BCUT2D eigenvalue weighted by Crippen LogP contribution is -2.40. The van der Waals surface area contributed by atoms with Gasteiger partial charge in [-0.3, -0.25) is 14.4 Å². The highest BCUT2D eigenvalue weighted by molar-refractivity contribution is 9.10. The first-order valence-electron chi connectivity index (χ1n) is 11.4. The van der Waals surface area contributed by atoms with E-state index in [2.05, 4.69) is 21.2 Å². The third-order valence-electron chi connectivity index (χ3n) is 6.32. The zero-order valence-corrected chi connectivity index (χ0v) is 21.2. The van der Waals surface area contributed by atoms with Crippen LogP contribution in [0.3, 0.4) is 0 Å². The maximum absolute atomic E-state index is 12.6. The van der Waals surface area contributed by atoms with Gasteiger partial charge in [-0.25, -0.2) is 4.79 Å². The smallest absolute Gasteiger partial charge is 0.350 e. The number of anilines is 1. The Kier molecular flexibility index (Phi) is 7.83. The number of nitrogens with one attached hydrogen (secondary N) is 1. The van der Waals surface area contributed by atoms with E-state index in [1.807, 2.05) is 24.3 Å². The lowest BCUT2D eigenvalue weighted by Gasteiger charge is -2.36.